The number of hydrogen-bond donors (Lipinski definition) is 1. The smallest absolute Gasteiger partial charge is 0.119 e. The maximum Gasteiger partial charge on any atom is 0.119 e. The molecule has 2 rings (SSSR count). The Kier molecular flexibility index (Phi) is 3.08. The summed E-state index contributed by atoms with van der Waals surface area (Å²) in [5, 5.41) is 3.25. The number of benzene rings is 1. The molecule has 1 atom stereocenters. The normalized spacial score (nSPS) is 18.7. The van der Waals surface area contributed by atoms with Crippen LogP contribution in [-0.2, 0) is 0 Å². The van der Waals surface area contributed by atoms with Gasteiger partial charge in [-0.3, -0.25) is 0 Å². The zero-order valence-electron chi connectivity index (χ0n) is 8.16. The van der Waals surface area contributed by atoms with Gasteiger partial charge in [0.2, 0.25) is 0 Å². The Balaban J connectivity index is 1.92. The Labute approximate surface area is 92.8 Å². The topological polar surface area (TPSA) is 21.3 Å². The minimum absolute atomic E-state index is 0.303. The van der Waals surface area contributed by atoms with Crippen molar-refractivity contribution in [2.24, 2.45) is 5.92 Å². The second kappa shape index (κ2) is 4.32. The monoisotopic (exact) mass is 255 g/mol. The zero-order chi connectivity index (χ0) is 9.97. The van der Waals surface area contributed by atoms with Gasteiger partial charge in [-0.05, 0) is 31.2 Å². The summed E-state index contributed by atoms with van der Waals surface area (Å²) in [5.41, 5.74) is 0. The molecule has 2 nitrogen and oxygen atoms in total. The quantitative estimate of drug-likeness (QED) is 0.896. The van der Waals surface area contributed by atoms with Crippen molar-refractivity contribution in [3.05, 3.63) is 28.7 Å². The van der Waals surface area contributed by atoms with Gasteiger partial charge >= 0.3 is 0 Å². The van der Waals surface area contributed by atoms with Gasteiger partial charge in [-0.15, -0.1) is 0 Å². The van der Waals surface area contributed by atoms with Crippen LogP contribution < -0.4 is 10.1 Å². The molecule has 1 aromatic carbocycles. The van der Waals surface area contributed by atoms with Crippen LogP contribution in [0.3, 0.4) is 0 Å². The summed E-state index contributed by atoms with van der Waals surface area (Å²) in [6, 6.07) is 7.99. The molecule has 76 valence electrons. The van der Waals surface area contributed by atoms with Gasteiger partial charge in [0.25, 0.3) is 0 Å². The minimum Gasteiger partial charge on any atom is -0.490 e. The first kappa shape index (κ1) is 9.99. The highest BCUT2D eigenvalue weighted by atomic mass is 79.9. The second-order valence-electron chi connectivity index (χ2n) is 3.70. The van der Waals surface area contributed by atoms with E-state index < -0.39 is 0 Å². The van der Waals surface area contributed by atoms with E-state index in [1.165, 1.54) is 0 Å². The fourth-order valence-corrected chi connectivity index (χ4v) is 1.73. The van der Waals surface area contributed by atoms with Crippen molar-refractivity contribution in [1.82, 2.24) is 5.32 Å². The molecule has 1 heterocycles. The highest BCUT2D eigenvalue weighted by Gasteiger charge is 2.24. The van der Waals surface area contributed by atoms with Gasteiger partial charge in [0.15, 0.2) is 0 Å². The molecule has 1 aliphatic rings. The number of halogens is 1. The molecular formula is C11H14BrNO. The van der Waals surface area contributed by atoms with E-state index in [2.05, 4.69) is 28.2 Å². The SMILES string of the molecule is CC(Oc1ccc(Br)cc1)C1CNC1. The average molecular weight is 256 g/mol. The highest BCUT2D eigenvalue weighted by Crippen LogP contribution is 2.20. The lowest BCUT2D eigenvalue weighted by Crippen LogP contribution is -2.49. The van der Waals surface area contributed by atoms with E-state index in [1.54, 1.807) is 0 Å². The van der Waals surface area contributed by atoms with Crippen LogP contribution in [0, 0.1) is 5.92 Å². The lowest BCUT2D eigenvalue weighted by Gasteiger charge is -2.32. The molecule has 1 unspecified atom stereocenters. The third-order valence-electron chi connectivity index (χ3n) is 2.61. The molecule has 0 aromatic heterocycles. The number of hydrogen-bond acceptors (Lipinski definition) is 2. The van der Waals surface area contributed by atoms with Crippen LogP contribution in [0.1, 0.15) is 6.92 Å². The molecule has 3 heteroatoms. The van der Waals surface area contributed by atoms with Crippen LogP contribution in [0.4, 0.5) is 0 Å². The van der Waals surface area contributed by atoms with Crippen LogP contribution in [0.25, 0.3) is 0 Å². The van der Waals surface area contributed by atoms with E-state index in [0.29, 0.717) is 12.0 Å². The maximum absolute atomic E-state index is 5.81. The summed E-state index contributed by atoms with van der Waals surface area (Å²) < 4.78 is 6.90. The molecule has 1 fully saturated rings. The Morgan fingerprint density at radius 1 is 1.36 bits per heavy atom. The van der Waals surface area contributed by atoms with Crippen molar-refractivity contribution in [3.8, 4) is 5.75 Å². The van der Waals surface area contributed by atoms with Crippen LogP contribution in [0.15, 0.2) is 28.7 Å². The minimum atomic E-state index is 0.303. The Bertz CT molecular complexity index is 295. The van der Waals surface area contributed by atoms with Gasteiger partial charge in [0.1, 0.15) is 11.9 Å². The molecule has 1 aliphatic heterocycles. The van der Waals surface area contributed by atoms with E-state index in [9.17, 15) is 0 Å². The third-order valence-corrected chi connectivity index (χ3v) is 3.14. The van der Waals surface area contributed by atoms with E-state index >= 15 is 0 Å². The summed E-state index contributed by atoms with van der Waals surface area (Å²) in [7, 11) is 0. The fourth-order valence-electron chi connectivity index (χ4n) is 1.47. The predicted molar refractivity (Wildman–Crippen MR) is 60.6 cm³/mol. The first-order valence-corrected chi connectivity index (χ1v) is 5.68. The zero-order valence-corrected chi connectivity index (χ0v) is 9.75. The average Bonchev–Trinajstić information content (AvgIpc) is 2.06. The molecule has 0 radical (unpaired) electrons. The van der Waals surface area contributed by atoms with Gasteiger partial charge < -0.3 is 10.1 Å². The molecule has 0 spiro atoms. The molecule has 0 aliphatic carbocycles. The van der Waals surface area contributed by atoms with E-state index in [-0.39, 0.29) is 0 Å². The third kappa shape index (κ3) is 2.28. The molecule has 1 saturated heterocycles. The first-order valence-electron chi connectivity index (χ1n) is 4.88. The lowest BCUT2D eigenvalue weighted by molar-refractivity contribution is 0.115. The van der Waals surface area contributed by atoms with Gasteiger partial charge in [-0.1, -0.05) is 15.9 Å². The van der Waals surface area contributed by atoms with Gasteiger partial charge in [-0.25, -0.2) is 0 Å². The van der Waals surface area contributed by atoms with E-state index in [1.807, 2.05) is 24.3 Å². The molecule has 1 aromatic rings. The van der Waals surface area contributed by atoms with Gasteiger partial charge in [0, 0.05) is 23.5 Å². The second-order valence-corrected chi connectivity index (χ2v) is 4.61. The van der Waals surface area contributed by atoms with Crippen molar-refractivity contribution in [2.75, 3.05) is 13.1 Å². The molecule has 0 bridgehead atoms. The van der Waals surface area contributed by atoms with Crippen molar-refractivity contribution < 1.29 is 4.74 Å². The lowest BCUT2D eigenvalue weighted by atomic mass is 9.98. The predicted octanol–water partition coefficient (Wildman–Crippen LogP) is 2.44. The van der Waals surface area contributed by atoms with Crippen molar-refractivity contribution >= 4 is 15.9 Å². The summed E-state index contributed by atoms with van der Waals surface area (Å²) in [5.74, 6) is 1.62. The van der Waals surface area contributed by atoms with Crippen molar-refractivity contribution in [3.63, 3.8) is 0 Å². The Morgan fingerprint density at radius 2 is 2.00 bits per heavy atom. The Morgan fingerprint density at radius 3 is 2.50 bits per heavy atom. The molecule has 14 heavy (non-hydrogen) atoms. The van der Waals surface area contributed by atoms with Crippen LogP contribution in [0.2, 0.25) is 0 Å². The number of ether oxygens (including phenoxy) is 1. The standard InChI is InChI=1S/C11H14BrNO/c1-8(9-6-13-7-9)14-11-4-2-10(12)3-5-11/h2-5,8-9,13H,6-7H2,1H3. The summed E-state index contributed by atoms with van der Waals surface area (Å²) in [6.45, 7) is 4.29. The van der Waals surface area contributed by atoms with E-state index in [0.717, 1.165) is 23.3 Å². The van der Waals surface area contributed by atoms with Crippen molar-refractivity contribution in [2.45, 2.75) is 13.0 Å². The summed E-state index contributed by atoms with van der Waals surface area (Å²) in [4.78, 5) is 0. The van der Waals surface area contributed by atoms with Crippen LogP contribution >= 0.6 is 15.9 Å². The van der Waals surface area contributed by atoms with E-state index in [4.69, 9.17) is 4.74 Å². The van der Waals surface area contributed by atoms with Gasteiger partial charge in [0.05, 0.1) is 0 Å². The molecular weight excluding hydrogens is 242 g/mol. The molecule has 1 N–H and O–H groups in total. The molecule has 0 amide bonds. The van der Waals surface area contributed by atoms with Gasteiger partial charge in [-0.2, -0.15) is 0 Å². The fraction of sp³-hybridized carbons (Fsp3) is 0.455. The largest absolute Gasteiger partial charge is 0.490 e. The molecule has 0 saturated carbocycles. The number of rotatable bonds is 3. The number of nitrogens with one attached hydrogen (secondary N) is 1. The summed E-state index contributed by atoms with van der Waals surface area (Å²) in [6.07, 6.45) is 0.303. The van der Waals surface area contributed by atoms with Crippen LogP contribution in [0.5, 0.6) is 5.75 Å². The Hall–Kier alpha value is -0.540. The van der Waals surface area contributed by atoms with Crippen molar-refractivity contribution in [1.29, 1.82) is 0 Å². The van der Waals surface area contributed by atoms with Crippen LogP contribution in [-0.4, -0.2) is 19.2 Å². The maximum atomic E-state index is 5.81. The first-order chi connectivity index (χ1) is 6.75. The highest BCUT2D eigenvalue weighted by molar-refractivity contribution is 9.10. The summed E-state index contributed by atoms with van der Waals surface area (Å²) >= 11 is 3.40.